The van der Waals surface area contributed by atoms with Crippen LogP contribution in [-0.2, 0) is 19.4 Å². The van der Waals surface area contributed by atoms with E-state index in [1.165, 1.54) is 6.08 Å². The fraction of sp³-hybridized carbons (Fsp3) is 0.375. The van der Waals surface area contributed by atoms with Crippen molar-refractivity contribution in [1.29, 1.82) is 0 Å². The van der Waals surface area contributed by atoms with Gasteiger partial charge >= 0.3 is 0 Å². The Morgan fingerprint density at radius 1 is 1.38 bits per heavy atom. The van der Waals surface area contributed by atoms with Gasteiger partial charge in [0.2, 0.25) is 11.8 Å². The first kappa shape index (κ1) is 18.5. The summed E-state index contributed by atoms with van der Waals surface area (Å²) in [5.41, 5.74) is 0.769. The Morgan fingerprint density at radius 3 is 2.75 bits per heavy atom. The lowest BCUT2D eigenvalue weighted by atomic mass is 10.2. The van der Waals surface area contributed by atoms with E-state index in [0.29, 0.717) is 11.4 Å². The maximum absolute atomic E-state index is 12.0. The van der Waals surface area contributed by atoms with Crippen molar-refractivity contribution in [3.8, 4) is 0 Å². The largest absolute Gasteiger partial charge is 0.351 e. The van der Waals surface area contributed by atoms with E-state index in [0.717, 1.165) is 5.56 Å². The molecule has 2 N–H and O–H groups in total. The SMILES string of the molecule is CC(NC(=O)/C=C/c1cccc(Cl)c1)C(=O)NC1CCS(=O)(=O)C1. The number of nitrogens with one attached hydrogen (secondary N) is 2. The van der Waals surface area contributed by atoms with E-state index in [4.69, 9.17) is 11.6 Å². The Morgan fingerprint density at radius 2 is 2.12 bits per heavy atom. The van der Waals surface area contributed by atoms with Crippen molar-refractivity contribution in [1.82, 2.24) is 10.6 Å². The Balaban J connectivity index is 1.83. The number of hydrogen-bond donors (Lipinski definition) is 2. The molecule has 1 aromatic carbocycles. The molecule has 1 aromatic rings. The van der Waals surface area contributed by atoms with Crippen LogP contribution in [0.3, 0.4) is 0 Å². The lowest BCUT2D eigenvalue weighted by molar-refractivity contribution is -0.127. The summed E-state index contributed by atoms with van der Waals surface area (Å²) >= 11 is 5.86. The zero-order chi connectivity index (χ0) is 17.7. The van der Waals surface area contributed by atoms with Gasteiger partial charge in [0.15, 0.2) is 9.84 Å². The zero-order valence-corrected chi connectivity index (χ0v) is 14.7. The summed E-state index contributed by atoms with van der Waals surface area (Å²) in [7, 11) is -3.06. The highest BCUT2D eigenvalue weighted by molar-refractivity contribution is 7.91. The molecule has 1 fully saturated rings. The molecule has 0 aromatic heterocycles. The maximum Gasteiger partial charge on any atom is 0.244 e. The fourth-order valence-corrected chi connectivity index (χ4v) is 4.22. The van der Waals surface area contributed by atoms with Gasteiger partial charge < -0.3 is 10.6 Å². The molecular weight excluding hydrogens is 352 g/mol. The minimum absolute atomic E-state index is 0.0475. The average molecular weight is 371 g/mol. The topological polar surface area (TPSA) is 92.3 Å². The molecule has 2 atom stereocenters. The molecule has 0 saturated carbocycles. The lowest BCUT2D eigenvalue weighted by Crippen LogP contribution is -2.48. The average Bonchev–Trinajstić information content (AvgIpc) is 2.84. The molecule has 24 heavy (non-hydrogen) atoms. The van der Waals surface area contributed by atoms with E-state index >= 15 is 0 Å². The third kappa shape index (κ3) is 5.65. The van der Waals surface area contributed by atoms with Crippen LogP contribution in [0.2, 0.25) is 5.02 Å². The predicted molar refractivity (Wildman–Crippen MR) is 93.3 cm³/mol. The second kappa shape index (κ2) is 7.81. The smallest absolute Gasteiger partial charge is 0.244 e. The molecule has 1 aliphatic heterocycles. The van der Waals surface area contributed by atoms with Crippen molar-refractivity contribution >= 4 is 39.3 Å². The fourth-order valence-electron chi connectivity index (χ4n) is 2.34. The number of amides is 2. The molecule has 1 aliphatic rings. The first-order valence-corrected chi connectivity index (χ1v) is 9.70. The third-order valence-electron chi connectivity index (χ3n) is 3.61. The normalized spacial score (nSPS) is 20.7. The first-order valence-electron chi connectivity index (χ1n) is 7.50. The van der Waals surface area contributed by atoms with E-state index in [2.05, 4.69) is 10.6 Å². The van der Waals surface area contributed by atoms with Crippen molar-refractivity contribution in [2.45, 2.75) is 25.4 Å². The number of halogens is 1. The standard InChI is InChI=1S/C16H19ClN2O4S/c1-11(16(21)19-14-7-8-24(22,23)10-14)18-15(20)6-5-12-3-2-4-13(17)9-12/h2-6,9,11,14H,7-8,10H2,1H3,(H,18,20)(H,19,21)/b6-5+. The molecule has 0 aliphatic carbocycles. The molecule has 2 amide bonds. The highest BCUT2D eigenvalue weighted by atomic mass is 35.5. The number of rotatable bonds is 5. The maximum atomic E-state index is 12.0. The Kier molecular flexibility index (Phi) is 6.01. The highest BCUT2D eigenvalue weighted by Gasteiger charge is 2.30. The number of sulfone groups is 1. The van der Waals surface area contributed by atoms with Gasteiger partial charge in [-0.3, -0.25) is 9.59 Å². The van der Waals surface area contributed by atoms with Crippen LogP contribution in [0, 0.1) is 0 Å². The summed E-state index contributed by atoms with van der Waals surface area (Å²) in [6, 6.07) is 5.86. The predicted octanol–water partition coefficient (Wildman–Crippen LogP) is 1.16. The second-order valence-electron chi connectivity index (χ2n) is 5.73. The van der Waals surface area contributed by atoms with Crippen molar-refractivity contribution in [3.05, 3.63) is 40.9 Å². The van der Waals surface area contributed by atoms with Gasteiger partial charge in [0.25, 0.3) is 0 Å². The van der Waals surface area contributed by atoms with Gasteiger partial charge in [-0.05, 0) is 37.1 Å². The number of hydrogen-bond acceptors (Lipinski definition) is 4. The van der Waals surface area contributed by atoms with Crippen LogP contribution in [0.5, 0.6) is 0 Å². The van der Waals surface area contributed by atoms with Crippen LogP contribution in [0.25, 0.3) is 6.08 Å². The summed E-state index contributed by atoms with van der Waals surface area (Å²) in [6.45, 7) is 1.55. The van der Waals surface area contributed by atoms with Crippen LogP contribution < -0.4 is 10.6 Å². The quantitative estimate of drug-likeness (QED) is 0.761. The van der Waals surface area contributed by atoms with Crippen molar-refractivity contribution in [2.75, 3.05) is 11.5 Å². The molecule has 0 radical (unpaired) electrons. The van der Waals surface area contributed by atoms with Crippen LogP contribution in [0.1, 0.15) is 18.9 Å². The van der Waals surface area contributed by atoms with Gasteiger partial charge in [0, 0.05) is 17.1 Å². The van der Waals surface area contributed by atoms with Crippen LogP contribution in [0.15, 0.2) is 30.3 Å². The molecule has 1 heterocycles. The van der Waals surface area contributed by atoms with E-state index in [9.17, 15) is 18.0 Å². The lowest BCUT2D eigenvalue weighted by Gasteiger charge is -2.16. The summed E-state index contributed by atoms with van der Waals surface area (Å²) in [5, 5.41) is 5.75. The van der Waals surface area contributed by atoms with Gasteiger partial charge in [-0.2, -0.15) is 0 Å². The van der Waals surface area contributed by atoms with E-state index in [1.54, 1.807) is 37.3 Å². The number of benzene rings is 1. The van der Waals surface area contributed by atoms with Crippen molar-refractivity contribution in [3.63, 3.8) is 0 Å². The Labute approximate surface area is 146 Å². The summed E-state index contributed by atoms with van der Waals surface area (Å²) in [6.07, 6.45) is 3.31. The minimum atomic E-state index is -3.06. The first-order chi connectivity index (χ1) is 11.2. The van der Waals surface area contributed by atoms with Crippen LogP contribution >= 0.6 is 11.6 Å². The zero-order valence-electron chi connectivity index (χ0n) is 13.2. The molecule has 8 heteroatoms. The molecule has 0 bridgehead atoms. The van der Waals surface area contributed by atoms with Crippen LogP contribution in [-0.4, -0.2) is 43.8 Å². The highest BCUT2D eigenvalue weighted by Crippen LogP contribution is 2.12. The van der Waals surface area contributed by atoms with Crippen molar-refractivity contribution in [2.24, 2.45) is 0 Å². The molecule has 2 unspecified atom stereocenters. The molecular formula is C16H19ClN2O4S. The molecule has 130 valence electrons. The second-order valence-corrected chi connectivity index (χ2v) is 8.39. The van der Waals surface area contributed by atoms with Gasteiger partial charge in [0.1, 0.15) is 6.04 Å². The minimum Gasteiger partial charge on any atom is -0.351 e. The summed E-state index contributed by atoms with van der Waals surface area (Å²) in [4.78, 5) is 23.9. The Hall–Kier alpha value is -1.86. The van der Waals surface area contributed by atoms with Gasteiger partial charge in [-0.15, -0.1) is 0 Å². The van der Waals surface area contributed by atoms with Crippen molar-refractivity contribution < 1.29 is 18.0 Å². The number of carbonyl (C=O) groups excluding carboxylic acids is 2. The van der Waals surface area contributed by atoms with Crippen LogP contribution in [0.4, 0.5) is 0 Å². The number of carbonyl (C=O) groups is 2. The monoisotopic (exact) mass is 370 g/mol. The summed E-state index contributed by atoms with van der Waals surface area (Å²) < 4.78 is 22.7. The Bertz CT molecular complexity index is 761. The van der Waals surface area contributed by atoms with Gasteiger partial charge in [-0.25, -0.2) is 8.42 Å². The molecule has 2 rings (SSSR count). The van der Waals surface area contributed by atoms with Gasteiger partial charge in [0.05, 0.1) is 11.5 Å². The molecule has 0 spiro atoms. The van der Waals surface area contributed by atoms with Gasteiger partial charge in [-0.1, -0.05) is 23.7 Å². The van der Waals surface area contributed by atoms with E-state index < -0.39 is 27.7 Å². The van der Waals surface area contributed by atoms with E-state index in [1.807, 2.05) is 0 Å². The third-order valence-corrected chi connectivity index (χ3v) is 5.61. The van der Waals surface area contributed by atoms with E-state index in [-0.39, 0.29) is 17.5 Å². The molecule has 6 nitrogen and oxygen atoms in total. The summed E-state index contributed by atoms with van der Waals surface area (Å²) in [5.74, 6) is -0.784. The molecule has 1 saturated heterocycles.